The average molecular weight is 478 g/mol. The molecule has 9 nitrogen and oxygen atoms in total. The van der Waals surface area contributed by atoms with Crippen LogP contribution in [0.4, 0.5) is 19.4 Å². The Morgan fingerprint density at radius 2 is 1.91 bits per heavy atom. The molecule has 1 aliphatic rings. The Kier molecular flexibility index (Phi) is 7.25. The second-order valence-electron chi connectivity index (χ2n) is 10.3. The number of ether oxygens (including phenoxy) is 2. The Labute approximate surface area is 187 Å². The first-order valence-corrected chi connectivity index (χ1v) is 13.2. The van der Waals surface area contributed by atoms with Gasteiger partial charge in [-0.2, -0.15) is 13.8 Å². The van der Waals surface area contributed by atoms with E-state index in [2.05, 4.69) is 10.3 Å². The van der Waals surface area contributed by atoms with Gasteiger partial charge in [0.25, 0.3) is 0 Å². The van der Waals surface area contributed by atoms with E-state index in [4.69, 9.17) is 13.9 Å². The molecule has 2 unspecified atom stereocenters. The van der Waals surface area contributed by atoms with E-state index in [9.17, 15) is 23.5 Å². The van der Waals surface area contributed by atoms with Gasteiger partial charge in [0.05, 0.1) is 6.61 Å². The lowest BCUT2D eigenvalue weighted by Crippen LogP contribution is -2.45. The van der Waals surface area contributed by atoms with Gasteiger partial charge in [-0.05, 0) is 45.0 Å². The van der Waals surface area contributed by atoms with E-state index in [1.165, 1.54) is 0 Å². The molecule has 0 radical (unpaired) electrons. The minimum atomic E-state index is -3.76. The third-order valence-corrected chi connectivity index (χ3v) is 10.0. The SMILES string of the molecule is CC(C)(C)OC(=O)Nc1ccn(C2OC(CO[Si](C)(C)C(C)(C)C)[C@@H](O)C2(F)F)c(=O)n1. The van der Waals surface area contributed by atoms with Crippen LogP contribution in [0.3, 0.4) is 0 Å². The number of aliphatic hydroxyl groups excluding tert-OH is 1. The predicted molar refractivity (Wildman–Crippen MR) is 116 cm³/mol. The number of nitrogens with zero attached hydrogens (tertiary/aromatic N) is 2. The van der Waals surface area contributed by atoms with Gasteiger partial charge in [-0.25, -0.2) is 9.59 Å². The molecule has 2 heterocycles. The number of anilines is 1. The molecule has 1 saturated heterocycles. The van der Waals surface area contributed by atoms with Crippen molar-refractivity contribution in [1.29, 1.82) is 0 Å². The molecule has 182 valence electrons. The summed E-state index contributed by atoms with van der Waals surface area (Å²) in [7, 11) is -2.27. The molecule has 2 rings (SSSR count). The number of aliphatic hydroxyl groups is 1. The fourth-order valence-corrected chi connectivity index (χ4v) is 3.70. The highest BCUT2D eigenvalue weighted by Gasteiger charge is 2.60. The van der Waals surface area contributed by atoms with Crippen LogP contribution in [-0.4, -0.2) is 59.4 Å². The van der Waals surface area contributed by atoms with E-state index in [0.717, 1.165) is 12.3 Å². The number of alkyl halides is 2. The van der Waals surface area contributed by atoms with E-state index < -0.39 is 50.1 Å². The highest BCUT2D eigenvalue weighted by molar-refractivity contribution is 6.74. The topological polar surface area (TPSA) is 112 Å². The van der Waals surface area contributed by atoms with Crippen molar-refractivity contribution in [1.82, 2.24) is 9.55 Å². The summed E-state index contributed by atoms with van der Waals surface area (Å²) in [5, 5.41) is 12.3. The zero-order valence-corrected chi connectivity index (χ0v) is 20.7. The van der Waals surface area contributed by atoms with Crippen LogP contribution in [0.2, 0.25) is 18.1 Å². The normalized spacial score (nSPS) is 23.8. The number of halogens is 2. The van der Waals surface area contributed by atoms with Crippen molar-refractivity contribution in [2.45, 2.75) is 89.6 Å². The quantitative estimate of drug-likeness (QED) is 0.624. The first kappa shape index (κ1) is 26.4. The molecular formula is C20H33F2N3O6Si. The largest absolute Gasteiger partial charge is 0.444 e. The van der Waals surface area contributed by atoms with E-state index in [0.29, 0.717) is 4.57 Å². The lowest BCUT2D eigenvalue weighted by atomic mass is 10.1. The summed E-state index contributed by atoms with van der Waals surface area (Å²) in [6.45, 7) is 14.7. The highest BCUT2D eigenvalue weighted by atomic mass is 28.4. The van der Waals surface area contributed by atoms with Gasteiger partial charge >= 0.3 is 17.7 Å². The van der Waals surface area contributed by atoms with Crippen molar-refractivity contribution in [2.75, 3.05) is 11.9 Å². The minimum absolute atomic E-state index is 0.156. The lowest BCUT2D eigenvalue weighted by molar-refractivity contribution is -0.140. The fourth-order valence-electron chi connectivity index (χ4n) is 2.68. The van der Waals surface area contributed by atoms with E-state index in [1.807, 2.05) is 33.9 Å². The van der Waals surface area contributed by atoms with E-state index in [-0.39, 0.29) is 17.5 Å². The number of amides is 1. The number of hydrogen-bond acceptors (Lipinski definition) is 7. The molecule has 32 heavy (non-hydrogen) atoms. The van der Waals surface area contributed by atoms with Crippen LogP contribution in [0, 0.1) is 0 Å². The third-order valence-electron chi connectivity index (χ3n) is 5.51. The molecular weight excluding hydrogens is 444 g/mol. The van der Waals surface area contributed by atoms with Crippen molar-refractivity contribution in [2.24, 2.45) is 0 Å². The number of hydrogen-bond donors (Lipinski definition) is 2. The Hall–Kier alpha value is -1.89. The van der Waals surface area contributed by atoms with Gasteiger partial charge in [0, 0.05) is 6.20 Å². The van der Waals surface area contributed by atoms with Crippen molar-refractivity contribution in [3.8, 4) is 0 Å². The maximum atomic E-state index is 14.8. The van der Waals surface area contributed by atoms with Gasteiger partial charge in [-0.1, -0.05) is 20.8 Å². The van der Waals surface area contributed by atoms with Gasteiger partial charge < -0.3 is 19.0 Å². The van der Waals surface area contributed by atoms with Gasteiger partial charge in [-0.15, -0.1) is 0 Å². The summed E-state index contributed by atoms with van der Waals surface area (Å²) in [5.74, 6) is -3.92. The van der Waals surface area contributed by atoms with Gasteiger partial charge in [-0.3, -0.25) is 9.88 Å². The fraction of sp³-hybridized carbons (Fsp3) is 0.750. The molecule has 3 atom stereocenters. The Bertz CT molecular complexity index is 895. The first-order chi connectivity index (χ1) is 14.3. The minimum Gasteiger partial charge on any atom is -0.444 e. The number of nitrogens with one attached hydrogen (secondary N) is 1. The standard InChI is InChI=1S/C20H33F2N3O6Si/c1-18(2,3)31-17(28)24-13-9-10-25(16(27)23-13)15-20(21,22)14(26)12(30-15)11-29-32(7,8)19(4,5)6/h9-10,12,14-15,26H,11H2,1-8H3,(H,23,24,27,28)/t12?,14-,15?/m1/s1. The molecule has 1 aliphatic heterocycles. The summed E-state index contributed by atoms with van der Waals surface area (Å²) < 4.78 is 46.5. The van der Waals surface area contributed by atoms with Crippen molar-refractivity contribution < 1.29 is 32.6 Å². The molecule has 1 aromatic rings. The van der Waals surface area contributed by atoms with Crippen molar-refractivity contribution >= 4 is 20.2 Å². The van der Waals surface area contributed by atoms with Gasteiger partial charge in [0.2, 0.25) is 6.23 Å². The summed E-state index contributed by atoms with van der Waals surface area (Å²) in [6.07, 6.45) is -5.38. The van der Waals surface area contributed by atoms with Crippen LogP contribution in [0.25, 0.3) is 0 Å². The van der Waals surface area contributed by atoms with E-state index in [1.54, 1.807) is 20.8 Å². The molecule has 0 spiro atoms. The average Bonchev–Trinajstić information content (AvgIpc) is 2.81. The van der Waals surface area contributed by atoms with Gasteiger partial charge in [0.1, 0.15) is 17.5 Å². The molecule has 2 N–H and O–H groups in total. The van der Waals surface area contributed by atoms with Crippen LogP contribution in [0.5, 0.6) is 0 Å². The second kappa shape index (κ2) is 8.80. The van der Waals surface area contributed by atoms with Crippen molar-refractivity contribution in [3.63, 3.8) is 0 Å². The summed E-state index contributed by atoms with van der Waals surface area (Å²) in [5.41, 5.74) is -1.85. The highest BCUT2D eigenvalue weighted by Crippen LogP contribution is 2.43. The first-order valence-electron chi connectivity index (χ1n) is 10.3. The molecule has 0 aliphatic carbocycles. The smallest absolute Gasteiger partial charge is 0.413 e. The Balaban J connectivity index is 2.17. The number of carbonyl (C=O) groups is 1. The monoisotopic (exact) mass is 477 g/mol. The molecule has 1 fully saturated rings. The maximum Gasteiger partial charge on any atom is 0.413 e. The molecule has 1 aromatic heterocycles. The van der Waals surface area contributed by atoms with Crippen LogP contribution < -0.4 is 11.0 Å². The zero-order valence-electron chi connectivity index (χ0n) is 19.7. The summed E-state index contributed by atoms with van der Waals surface area (Å²) in [6, 6.07) is 1.16. The van der Waals surface area contributed by atoms with E-state index >= 15 is 0 Å². The van der Waals surface area contributed by atoms with Crippen LogP contribution in [0.1, 0.15) is 47.8 Å². The number of carbonyl (C=O) groups excluding carboxylic acids is 1. The molecule has 1 amide bonds. The number of rotatable bonds is 5. The van der Waals surface area contributed by atoms with Gasteiger partial charge in [0.15, 0.2) is 14.4 Å². The third kappa shape index (κ3) is 5.91. The lowest BCUT2D eigenvalue weighted by Gasteiger charge is -2.37. The van der Waals surface area contributed by atoms with Crippen LogP contribution in [-0.2, 0) is 13.9 Å². The molecule has 0 saturated carbocycles. The van der Waals surface area contributed by atoms with Crippen molar-refractivity contribution in [3.05, 3.63) is 22.7 Å². The predicted octanol–water partition coefficient (Wildman–Crippen LogP) is 3.51. The second-order valence-corrected chi connectivity index (χ2v) is 15.2. The molecule has 12 heteroatoms. The Morgan fingerprint density at radius 1 is 1.31 bits per heavy atom. The van der Waals surface area contributed by atoms with Crippen LogP contribution >= 0.6 is 0 Å². The molecule has 0 aromatic carbocycles. The summed E-state index contributed by atoms with van der Waals surface area (Å²) in [4.78, 5) is 27.8. The van der Waals surface area contributed by atoms with Crippen LogP contribution in [0.15, 0.2) is 17.1 Å². The zero-order chi connectivity index (χ0) is 24.7. The Morgan fingerprint density at radius 3 is 2.41 bits per heavy atom. The molecule has 0 bridgehead atoms. The number of aromatic nitrogens is 2. The summed E-state index contributed by atoms with van der Waals surface area (Å²) >= 11 is 0. The maximum absolute atomic E-state index is 14.8.